The number of hydrogen-bond donors (Lipinski definition) is 1. The topological polar surface area (TPSA) is 29.3 Å². The molecule has 0 saturated carbocycles. The van der Waals surface area contributed by atoms with Gasteiger partial charge in [0.15, 0.2) is 0 Å². The van der Waals surface area contributed by atoms with Crippen molar-refractivity contribution in [3.8, 4) is 0 Å². The van der Waals surface area contributed by atoms with Crippen LogP contribution >= 0.6 is 0 Å². The van der Waals surface area contributed by atoms with Crippen LogP contribution in [0.3, 0.4) is 0 Å². The first kappa shape index (κ1) is 13.4. The van der Waals surface area contributed by atoms with Gasteiger partial charge in [0, 0.05) is 18.8 Å². The lowest BCUT2D eigenvalue weighted by molar-refractivity contribution is 0.167. The van der Waals surface area contributed by atoms with Crippen molar-refractivity contribution in [2.75, 3.05) is 24.5 Å². The molecule has 0 amide bonds. The number of aryl methyl sites for hydroxylation is 1. The van der Waals surface area contributed by atoms with Crippen LogP contribution in [-0.2, 0) is 0 Å². The lowest BCUT2D eigenvalue weighted by Gasteiger charge is -2.45. The van der Waals surface area contributed by atoms with E-state index >= 15 is 0 Å². The molecule has 0 spiro atoms. The molecule has 1 unspecified atom stereocenters. The van der Waals surface area contributed by atoms with E-state index < -0.39 is 0 Å². The van der Waals surface area contributed by atoms with E-state index in [4.69, 9.17) is 5.73 Å². The molecule has 100 valence electrons. The summed E-state index contributed by atoms with van der Waals surface area (Å²) in [6, 6.07) is 8.89. The van der Waals surface area contributed by atoms with E-state index in [9.17, 15) is 0 Å². The molecule has 1 aromatic carbocycles. The van der Waals surface area contributed by atoms with Crippen molar-refractivity contribution in [3.63, 3.8) is 0 Å². The molecular formula is C16H26N2. The summed E-state index contributed by atoms with van der Waals surface area (Å²) in [6.45, 7) is 10.0. The average molecular weight is 246 g/mol. The molecule has 2 nitrogen and oxygen atoms in total. The van der Waals surface area contributed by atoms with Gasteiger partial charge in [-0.2, -0.15) is 0 Å². The fourth-order valence-corrected chi connectivity index (χ4v) is 3.11. The van der Waals surface area contributed by atoms with Gasteiger partial charge < -0.3 is 10.6 Å². The standard InChI is InChI=1S/C16H26N2/c1-13-4-6-15(7-5-13)18-11-9-14(8-10-17)16(2,3)12-18/h4-7,14H,8-12,17H2,1-3H3. The predicted molar refractivity (Wildman–Crippen MR) is 79.0 cm³/mol. The molecule has 2 heteroatoms. The van der Waals surface area contributed by atoms with Crippen LogP contribution in [0.25, 0.3) is 0 Å². The van der Waals surface area contributed by atoms with E-state index in [1.807, 2.05) is 0 Å². The van der Waals surface area contributed by atoms with Crippen molar-refractivity contribution in [1.29, 1.82) is 0 Å². The maximum atomic E-state index is 5.73. The minimum atomic E-state index is 0.364. The van der Waals surface area contributed by atoms with Crippen molar-refractivity contribution in [3.05, 3.63) is 29.8 Å². The highest BCUT2D eigenvalue weighted by molar-refractivity contribution is 5.48. The Morgan fingerprint density at radius 1 is 1.28 bits per heavy atom. The molecular weight excluding hydrogens is 220 g/mol. The Bertz CT molecular complexity index is 381. The maximum Gasteiger partial charge on any atom is 0.0366 e. The zero-order valence-corrected chi connectivity index (χ0v) is 11.9. The van der Waals surface area contributed by atoms with Crippen molar-refractivity contribution in [2.24, 2.45) is 17.1 Å². The van der Waals surface area contributed by atoms with Crippen LogP contribution in [0.1, 0.15) is 32.3 Å². The summed E-state index contributed by atoms with van der Waals surface area (Å²) in [5.41, 5.74) is 8.78. The number of hydrogen-bond acceptors (Lipinski definition) is 2. The second-order valence-electron chi connectivity index (χ2n) is 6.31. The van der Waals surface area contributed by atoms with E-state index in [0.717, 1.165) is 32.0 Å². The number of benzene rings is 1. The van der Waals surface area contributed by atoms with Crippen molar-refractivity contribution >= 4 is 5.69 Å². The summed E-state index contributed by atoms with van der Waals surface area (Å²) in [5.74, 6) is 0.768. The van der Waals surface area contributed by atoms with Gasteiger partial charge in [-0.1, -0.05) is 31.5 Å². The SMILES string of the molecule is Cc1ccc(N2CCC(CCN)C(C)(C)C2)cc1. The molecule has 1 fully saturated rings. The normalized spacial score (nSPS) is 23.1. The first-order chi connectivity index (χ1) is 8.53. The molecule has 1 heterocycles. The van der Waals surface area contributed by atoms with E-state index in [1.165, 1.54) is 17.7 Å². The second-order valence-corrected chi connectivity index (χ2v) is 6.31. The van der Waals surface area contributed by atoms with Crippen molar-refractivity contribution < 1.29 is 0 Å². The quantitative estimate of drug-likeness (QED) is 0.887. The Morgan fingerprint density at radius 2 is 1.94 bits per heavy atom. The summed E-state index contributed by atoms with van der Waals surface area (Å²) >= 11 is 0. The number of piperidine rings is 1. The molecule has 0 aliphatic carbocycles. The first-order valence-electron chi connectivity index (χ1n) is 7.04. The highest BCUT2D eigenvalue weighted by Crippen LogP contribution is 2.38. The van der Waals surface area contributed by atoms with Crippen LogP contribution < -0.4 is 10.6 Å². The Kier molecular flexibility index (Phi) is 3.96. The number of nitrogens with zero attached hydrogens (tertiary/aromatic N) is 1. The van der Waals surface area contributed by atoms with Gasteiger partial charge in [0.25, 0.3) is 0 Å². The van der Waals surface area contributed by atoms with Crippen LogP contribution in [0.15, 0.2) is 24.3 Å². The van der Waals surface area contributed by atoms with Crippen LogP contribution in [-0.4, -0.2) is 19.6 Å². The first-order valence-corrected chi connectivity index (χ1v) is 7.04. The lowest BCUT2D eigenvalue weighted by Crippen LogP contribution is -2.46. The largest absolute Gasteiger partial charge is 0.371 e. The molecule has 18 heavy (non-hydrogen) atoms. The highest BCUT2D eigenvalue weighted by Gasteiger charge is 2.35. The lowest BCUT2D eigenvalue weighted by atomic mass is 9.72. The predicted octanol–water partition coefficient (Wildman–Crippen LogP) is 3.20. The third kappa shape index (κ3) is 2.86. The van der Waals surface area contributed by atoms with Crippen LogP contribution in [0.4, 0.5) is 5.69 Å². The smallest absolute Gasteiger partial charge is 0.0366 e. The molecule has 1 aromatic rings. The minimum absolute atomic E-state index is 0.364. The number of nitrogens with two attached hydrogens (primary N) is 1. The molecule has 0 bridgehead atoms. The number of anilines is 1. The van der Waals surface area contributed by atoms with Gasteiger partial charge in [-0.3, -0.25) is 0 Å². The zero-order valence-electron chi connectivity index (χ0n) is 11.9. The van der Waals surface area contributed by atoms with Gasteiger partial charge in [-0.25, -0.2) is 0 Å². The monoisotopic (exact) mass is 246 g/mol. The zero-order chi connectivity index (χ0) is 13.2. The molecule has 1 aliphatic rings. The molecule has 1 aliphatic heterocycles. The second kappa shape index (κ2) is 5.31. The van der Waals surface area contributed by atoms with Gasteiger partial charge in [0.05, 0.1) is 0 Å². The Morgan fingerprint density at radius 3 is 2.50 bits per heavy atom. The summed E-state index contributed by atoms with van der Waals surface area (Å²) in [4.78, 5) is 2.52. The average Bonchev–Trinajstić information content (AvgIpc) is 2.32. The fourth-order valence-electron chi connectivity index (χ4n) is 3.11. The summed E-state index contributed by atoms with van der Waals surface area (Å²) in [5, 5.41) is 0. The Hall–Kier alpha value is -1.02. The van der Waals surface area contributed by atoms with E-state index in [0.29, 0.717) is 5.41 Å². The minimum Gasteiger partial charge on any atom is -0.371 e. The van der Waals surface area contributed by atoms with Gasteiger partial charge in [0.1, 0.15) is 0 Å². The summed E-state index contributed by atoms with van der Waals surface area (Å²) in [6.07, 6.45) is 2.42. The van der Waals surface area contributed by atoms with Gasteiger partial charge in [0.2, 0.25) is 0 Å². The highest BCUT2D eigenvalue weighted by atomic mass is 15.1. The van der Waals surface area contributed by atoms with E-state index in [1.54, 1.807) is 0 Å². The third-order valence-electron chi connectivity index (χ3n) is 4.37. The van der Waals surface area contributed by atoms with Crippen LogP contribution in [0, 0.1) is 18.3 Å². The summed E-state index contributed by atoms with van der Waals surface area (Å²) < 4.78 is 0. The van der Waals surface area contributed by atoms with E-state index in [2.05, 4.69) is 49.9 Å². The maximum absolute atomic E-state index is 5.73. The van der Waals surface area contributed by atoms with E-state index in [-0.39, 0.29) is 0 Å². The summed E-state index contributed by atoms with van der Waals surface area (Å²) in [7, 11) is 0. The Balaban J connectivity index is 2.08. The molecule has 1 atom stereocenters. The van der Waals surface area contributed by atoms with Gasteiger partial charge in [-0.15, -0.1) is 0 Å². The van der Waals surface area contributed by atoms with Gasteiger partial charge >= 0.3 is 0 Å². The van der Waals surface area contributed by atoms with Crippen LogP contribution in [0.5, 0.6) is 0 Å². The molecule has 2 rings (SSSR count). The van der Waals surface area contributed by atoms with Crippen molar-refractivity contribution in [2.45, 2.75) is 33.6 Å². The fraction of sp³-hybridized carbons (Fsp3) is 0.625. The molecule has 1 saturated heterocycles. The molecule has 0 radical (unpaired) electrons. The number of rotatable bonds is 3. The van der Waals surface area contributed by atoms with Gasteiger partial charge in [-0.05, 0) is 49.8 Å². The van der Waals surface area contributed by atoms with Crippen molar-refractivity contribution in [1.82, 2.24) is 0 Å². The van der Waals surface area contributed by atoms with Crippen LogP contribution in [0.2, 0.25) is 0 Å². The molecule has 2 N–H and O–H groups in total. The third-order valence-corrected chi connectivity index (χ3v) is 4.37. The molecule has 0 aromatic heterocycles. The Labute approximate surface area is 111 Å².